The Kier molecular flexibility index (Phi) is 6.25. The molecule has 0 aromatic heterocycles. The zero-order chi connectivity index (χ0) is 22.7. The summed E-state index contributed by atoms with van der Waals surface area (Å²) in [6.07, 6.45) is 1.32. The van der Waals surface area contributed by atoms with Gasteiger partial charge in [0.05, 0.1) is 33.8 Å². The van der Waals surface area contributed by atoms with Crippen molar-refractivity contribution in [2.24, 2.45) is 4.99 Å². The maximum Gasteiger partial charge on any atom is 0.335 e. The second-order valence-corrected chi connectivity index (χ2v) is 7.31. The highest BCUT2D eigenvalue weighted by Crippen LogP contribution is 2.39. The van der Waals surface area contributed by atoms with Gasteiger partial charge in [0.25, 0.3) is 11.6 Å². The largest absolute Gasteiger partial charge is 0.504 e. The monoisotopic (exact) mass is 443 g/mol. The summed E-state index contributed by atoms with van der Waals surface area (Å²) in [6.45, 7) is 1.86. The van der Waals surface area contributed by atoms with Gasteiger partial charge >= 0.3 is 5.97 Å². The molecule has 0 saturated carbocycles. The van der Waals surface area contributed by atoms with E-state index < -0.39 is 16.8 Å². The van der Waals surface area contributed by atoms with E-state index in [0.29, 0.717) is 5.69 Å². The number of nitrogens with zero attached hydrogens (tertiary/aromatic N) is 3. The van der Waals surface area contributed by atoms with Gasteiger partial charge < -0.3 is 14.9 Å². The minimum absolute atomic E-state index is 0.0519. The summed E-state index contributed by atoms with van der Waals surface area (Å²) in [5, 5.41) is 31.0. The van der Waals surface area contributed by atoms with E-state index in [9.17, 15) is 24.8 Å². The second-order valence-electron chi connectivity index (χ2n) is 6.30. The number of aromatic carboxylic acids is 1. The third-order valence-electron chi connectivity index (χ3n) is 4.21. The number of amidine groups is 1. The number of aromatic hydroxyl groups is 1. The molecule has 1 aliphatic heterocycles. The Bertz CT molecular complexity index is 1140. The maximum absolute atomic E-state index is 12.6. The lowest BCUT2D eigenvalue weighted by Crippen LogP contribution is -2.23. The number of thioether (sulfide) groups is 1. The maximum atomic E-state index is 12.6. The third-order valence-corrected chi connectivity index (χ3v) is 5.27. The van der Waals surface area contributed by atoms with Crippen molar-refractivity contribution in [1.82, 2.24) is 4.90 Å². The number of hydrogen-bond acceptors (Lipinski definition) is 8. The number of phenols is 1. The average Bonchev–Trinajstić information content (AvgIpc) is 2.98. The molecular formula is C20H17N3O7S. The second kappa shape index (κ2) is 8.88. The van der Waals surface area contributed by atoms with Crippen molar-refractivity contribution in [1.29, 1.82) is 0 Å². The number of carbonyl (C=O) groups excluding carboxylic acids is 1. The van der Waals surface area contributed by atoms with Crippen LogP contribution in [0.15, 0.2) is 46.3 Å². The standard InChI is InChI=1S/C20H17N3O7S/c1-3-30-15-10-14(23(28)29)8-12(17(15)24)9-16-18(25)22(2)20(31-16)21-13-6-4-5-11(7-13)19(26)27/h4-10,24H,3H2,1-2H3,(H,26,27). The number of hydrogen-bond donors (Lipinski definition) is 2. The average molecular weight is 443 g/mol. The predicted molar refractivity (Wildman–Crippen MR) is 115 cm³/mol. The summed E-state index contributed by atoms with van der Waals surface area (Å²) in [5.41, 5.74) is 0.159. The van der Waals surface area contributed by atoms with Gasteiger partial charge in [-0.1, -0.05) is 6.07 Å². The molecule has 1 amide bonds. The molecule has 11 heteroatoms. The normalized spacial score (nSPS) is 16.2. The van der Waals surface area contributed by atoms with E-state index in [1.807, 2.05) is 0 Å². The number of carbonyl (C=O) groups is 2. The lowest BCUT2D eigenvalue weighted by atomic mass is 10.1. The van der Waals surface area contributed by atoms with Gasteiger partial charge in [-0.3, -0.25) is 19.8 Å². The molecule has 3 rings (SSSR count). The molecule has 10 nitrogen and oxygen atoms in total. The number of benzene rings is 2. The van der Waals surface area contributed by atoms with Crippen molar-refractivity contribution < 1.29 is 29.5 Å². The van der Waals surface area contributed by atoms with Crippen LogP contribution in [0.5, 0.6) is 11.5 Å². The zero-order valence-electron chi connectivity index (χ0n) is 16.4. The summed E-state index contributed by atoms with van der Waals surface area (Å²) < 4.78 is 5.25. The number of non-ortho nitro benzene ring substituents is 1. The minimum Gasteiger partial charge on any atom is -0.504 e. The van der Waals surface area contributed by atoms with E-state index in [2.05, 4.69) is 4.99 Å². The first-order valence-electron chi connectivity index (χ1n) is 8.95. The van der Waals surface area contributed by atoms with Crippen LogP contribution in [-0.4, -0.2) is 50.7 Å². The number of rotatable bonds is 6. The van der Waals surface area contributed by atoms with Gasteiger partial charge in [0.15, 0.2) is 16.7 Å². The van der Waals surface area contributed by atoms with Gasteiger partial charge in [-0.25, -0.2) is 9.79 Å². The van der Waals surface area contributed by atoms with E-state index >= 15 is 0 Å². The molecule has 160 valence electrons. The van der Waals surface area contributed by atoms with Crippen molar-refractivity contribution in [2.75, 3.05) is 13.7 Å². The van der Waals surface area contributed by atoms with Crippen LogP contribution >= 0.6 is 11.8 Å². The summed E-state index contributed by atoms with van der Waals surface area (Å²) in [7, 11) is 1.50. The van der Waals surface area contributed by atoms with Crippen molar-refractivity contribution in [3.8, 4) is 11.5 Å². The first kappa shape index (κ1) is 21.8. The predicted octanol–water partition coefficient (Wildman–Crippen LogP) is 3.63. The first-order valence-corrected chi connectivity index (χ1v) is 9.76. The molecule has 0 bridgehead atoms. The first-order chi connectivity index (χ1) is 14.7. The molecule has 0 radical (unpaired) electrons. The van der Waals surface area contributed by atoms with Crippen LogP contribution in [0.3, 0.4) is 0 Å². The van der Waals surface area contributed by atoms with Crippen LogP contribution in [0.4, 0.5) is 11.4 Å². The van der Waals surface area contributed by atoms with Crippen LogP contribution in [0.1, 0.15) is 22.8 Å². The molecule has 2 N–H and O–H groups in total. The number of phenolic OH excluding ortho intramolecular Hbond substituents is 1. The number of likely N-dealkylation sites (N-methyl/N-ethyl adjacent to an activating group) is 1. The molecule has 2 aromatic rings. The molecule has 0 unspecified atom stereocenters. The fourth-order valence-corrected chi connectivity index (χ4v) is 3.68. The van der Waals surface area contributed by atoms with E-state index in [4.69, 9.17) is 9.84 Å². The summed E-state index contributed by atoms with van der Waals surface area (Å²) in [4.78, 5) is 40.1. The molecule has 31 heavy (non-hydrogen) atoms. The molecule has 1 aliphatic rings. The van der Waals surface area contributed by atoms with Crippen LogP contribution in [0.25, 0.3) is 6.08 Å². The van der Waals surface area contributed by atoms with Crippen molar-refractivity contribution in [3.05, 3.63) is 62.5 Å². The van der Waals surface area contributed by atoms with Gasteiger partial charge in [0, 0.05) is 18.7 Å². The summed E-state index contributed by atoms with van der Waals surface area (Å²) >= 11 is 0.991. The van der Waals surface area contributed by atoms with Gasteiger partial charge in [-0.05, 0) is 43.0 Å². The van der Waals surface area contributed by atoms with E-state index in [0.717, 1.165) is 23.9 Å². The number of amides is 1. The molecule has 0 aliphatic carbocycles. The van der Waals surface area contributed by atoms with Crippen LogP contribution < -0.4 is 4.74 Å². The van der Waals surface area contributed by atoms with Crippen molar-refractivity contribution >= 4 is 46.3 Å². The topological polar surface area (TPSA) is 143 Å². The Morgan fingerprint density at radius 1 is 1.35 bits per heavy atom. The van der Waals surface area contributed by atoms with E-state index in [1.54, 1.807) is 13.0 Å². The fourth-order valence-electron chi connectivity index (χ4n) is 2.71. The number of nitro groups is 1. The molecular weight excluding hydrogens is 426 g/mol. The zero-order valence-corrected chi connectivity index (χ0v) is 17.3. The summed E-state index contributed by atoms with van der Waals surface area (Å²) in [6, 6.07) is 8.19. The van der Waals surface area contributed by atoms with E-state index in [-0.39, 0.29) is 45.0 Å². The molecule has 0 spiro atoms. The van der Waals surface area contributed by atoms with Crippen LogP contribution in [0.2, 0.25) is 0 Å². The van der Waals surface area contributed by atoms with Gasteiger partial charge in [-0.15, -0.1) is 0 Å². The van der Waals surface area contributed by atoms with Crippen molar-refractivity contribution in [2.45, 2.75) is 6.92 Å². The van der Waals surface area contributed by atoms with Crippen LogP contribution in [0, 0.1) is 10.1 Å². The quantitative estimate of drug-likeness (QED) is 0.391. The van der Waals surface area contributed by atoms with Crippen molar-refractivity contribution in [3.63, 3.8) is 0 Å². The Balaban J connectivity index is 2.00. The smallest absolute Gasteiger partial charge is 0.335 e. The lowest BCUT2D eigenvalue weighted by molar-refractivity contribution is -0.385. The third kappa shape index (κ3) is 4.67. The Morgan fingerprint density at radius 3 is 2.74 bits per heavy atom. The number of carboxylic acid groups (broad SMARTS) is 1. The number of ether oxygens (including phenoxy) is 1. The molecule has 0 atom stereocenters. The van der Waals surface area contributed by atoms with Crippen LogP contribution in [-0.2, 0) is 4.79 Å². The molecule has 1 fully saturated rings. The van der Waals surface area contributed by atoms with E-state index in [1.165, 1.54) is 36.2 Å². The van der Waals surface area contributed by atoms with Gasteiger partial charge in [-0.2, -0.15) is 0 Å². The highest BCUT2D eigenvalue weighted by atomic mass is 32.2. The molecule has 1 saturated heterocycles. The number of nitro benzene ring substituents is 1. The molecule has 1 heterocycles. The lowest BCUT2D eigenvalue weighted by Gasteiger charge is -2.08. The minimum atomic E-state index is -1.10. The Hall–Kier alpha value is -3.86. The number of aliphatic imine (C=N–C) groups is 1. The highest BCUT2D eigenvalue weighted by Gasteiger charge is 2.31. The summed E-state index contributed by atoms with van der Waals surface area (Å²) in [5.74, 6) is -1.92. The highest BCUT2D eigenvalue weighted by molar-refractivity contribution is 8.18. The Labute approximate surface area is 180 Å². The van der Waals surface area contributed by atoms with Gasteiger partial charge in [0.1, 0.15) is 0 Å². The fraction of sp³-hybridized carbons (Fsp3) is 0.150. The van der Waals surface area contributed by atoms with Gasteiger partial charge in [0.2, 0.25) is 0 Å². The Morgan fingerprint density at radius 2 is 2.10 bits per heavy atom. The molecule has 2 aromatic carbocycles. The SMILES string of the molecule is CCOc1cc([N+](=O)[O-])cc(C=C2SC(=Nc3cccc(C(=O)O)c3)N(C)C2=O)c1O. The number of carboxylic acids is 1.